The number of ether oxygens (including phenoxy) is 1. The van der Waals surface area contributed by atoms with E-state index in [0.717, 1.165) is 11.3 Å². The lowest BCUT2D eigenvalue weighted by Crippen LogP contribution is -2.23. The predicted octanol–water partition coefficient (Wildman–Crippen LogP) is 0.965. The standard InChI is InChI=1S/C12H13N3O4/c1-17-9-5-3-8(4-6-9)12-13-11(19-15-12)7-10(16)14-18-2/h3-6H,7H2,1-2H3,(H,14,16). The molecule has 0 spiro atoms. The molecule has 0 radical (unpaired) electrons. The van der Waals surface area contributed by atoms with Crippen molar-refractivity contribution < 1.29 is 18.9 Å². The largest absolute Gasteiger partial charge is 0.497 e. The molecule has 0 fully saturated rings. The van der Waals surface area contributed by atoms with Gasteiger partial charge in [-0.2, -0.15) is 4.98 Å². The predicted molar refractivity (Wildman–Crippen MR) is 65.1 cm³/mol. The maximum atomic E-state index is 11.3. The second-order valence-corrected chi connectivity index (χ2v) is 3.65. The van der Waals surface area contributed by atoms with Crippen LogP contribution in [-0.4, -0.2) is 30.3 Å². The fourth-order valence-corrected chi connectivity index (χ4v) is 1.47. The molecule has 0 saturated heterocycles. The van der Waals surface area contributed by atoms with E-state index in [4.69, 9.17) is 9.26 Å². The number of aromatic nitrogens is 2. The average Bonchev–Trinajstić information content (AvgIpc) is 2.87. The summed E-state index contributed by atoms with van der Waals surface area (Å²) >= 11 is 0. The van der Waals surface area contributed by atoms with E-state index in [1.807, 2.05) is 12.1 Å². The molecule has 2 rings (SSSR count). The second kappa shape index (κ2) is 5.96. The number of nitrogens with one attached hydrogen (secondary N) is 1. The normalized spacial score (nSPS) is 10.2. The lowest BCUT2D eigenvalue weighted by Gasteiger charge is -1.99. The lowest BCUT2D eigenvalue weighted by molar-refractivity contribution is -0.130. The summed E-state index contributed by atoms with van der Waals surface area (Å²) in [4.78, 5) is 19.9. The van der Waals surface area contributed by atoms with Crippen LogP contribution in [-0.2, 0) is 16.1 Å². The first-order chi connectivity index (χ1) is 9.22. The van der Waals surface area contributed by atoms with E-state index >= 15 is 0 Å². The maximum Gasteiger partial charge on any atom is 0.252 e. The van der Waals surface area contributed by atoms with Gasteiger partial charge in [0.15, 0.2) is 0 Å². The van der Waals surface area contributed by atoms with Gasteiger partial charge in [-0.05, 0) is 24.3 Å². The van der Waals surface area contributed by atoms with E-state index in [9.17, 15) is 4.79 Å². The summed E-state index contributed by atoms with van der Waals surface area (Å²) in [6, 6.07) is 7.21. The summed E-state index contributed by atoms with van der Waals surface area (Å²) in [5.74, 6) is 1.03. The third-order valence-electron chi connectivity index (χ3n) is 2.34. The van der Waals surface area contributed by atoms with Gasteiger partial charge in [-0.15, -0.1) is 0 Å². The molecule has 1 aromatic heterocycles. The van der Waals surface area contributed by atoms with Crippen LogP contribution >= 0.6 is 0 Å². The minimum absolute atomic E-state index is 0.0308. The van der Waals surface area contributed by atoms with Crippen LogP contribution in [0.15, 0.2) is 28.8 Å². The number of nitrogens with zero attached hydrogens (tertiary/aromatic N) is 2. The highest BCUT2D eigenvalue weighted by atomic mass is 16.6. The molecular weight excluding hydrogens is 250 g/mol. The van der Waals surface area contributed by atoms with Gasteiger partial charge in [0.05, 0.1) is 14.2 Å². The number of amides is 1. The van der Waals surface area contributed by atoms with Crippen molar-refractivity contribution in [1.29, 1.82) is 0 Å². The van der Waals surface area contributed by atoms with E-state index in [0.29, 0.717) is 5.82 Å². The highest BCUT2D eigenvalue weighted by molar-refractivity contribution is 5.76. The quantitative estimate of drug-likeness (QED) is 0.809. The minimum atomic E-state index is -0.354. The topological polar surface area (TPSA) is 86.5 Å². The van der Waals surface area contributed by atoms with Crippen LogP contribution in [0.3, 0.4) is 0 Å². The molecule has 0 aliphatic rings. The Morgan fingerprint density at radius 2 is 2.05 bits per heavy atom. The van der Waals surface area contributed by atoms with Gasteiger partial charge >= 0.3 is 0 Å². The Labute approximate surface area is 109 Å². The van der Waals surface area contributed by atoms with Crippen LogP contribution in [0.1, 0.15) is 5.89 Å². The summed E-state index contributed by atoms with van der Waals surface area (Å²) < 4.78 is 10.0. The molecule has 0 atom stereocenters. The molecule has 1 N–H and O–H groups in total. The zero-order chi connectivity index (χ0) is 13.7. The molecule has 1 heterocycles. The zero-order valence-electron chi connectivity index (χ0n) is 10.5. The van der Waals surface area contributed by atoms with Gasteiger partial charge < -0.3 is 9.26 Å². The van der Waals surface area contributed by atoms with Crippen molar-refractivity contribution in [1.82, 2.24) is 15.6 Å². The van der Waals surface area contributed by atoms with Crippen LogP contribution < -0.4 is 10.2 Å². The Bertz CT molecular complexity index is 550. The third kappa shape index (κ3) is 3.29. The first-order valence-corrected chi connectivity index (χ1v) is 5.51. The van der Waals surface area contributed by atoms with Crippen molar-refractivity contribution in [2.75, 3.05) is 14.2 Å². The van der Waals surface area contributed by atoms with Gasteiger partial charge in [0, 0.05) is 5.56 Å². The summed E-state index contributed by atoms with van der Waals surface area (Å²) in [5, 5.41) is 3.81. The Balaban J connectivity index is 2.09. The summed E-state index contributed by atoms with van der Waals surface area (Å²) in [6.45, 7) is 0. The van der Waals surface area contributed by atoms with Crippen LogP contribution in [0.5, 0.6) is 5.75 Å². The Hall–Kier alpha value is -2.41. The van der Waals surface area contributed by atoms with E-state index in [1.54, 1.807) is 19.2 Å². The first kappa shape index (κ1) is 13.0. The molecule has 0 saturated carbocycles. The van der Waals surface area contributed by atoms with E-state index < -0.39 is 0 Å². The second-order valence-electron chi connectivity index (χ2n) is 3.65. The lowest BCUT2D eigenvalue weighted by atomic mass is 10.2. The van der Waals surface area contributed by atoms with Crippen molar-refractivity contribution in [3.05, 3.63) is 30.2 Å². The van der Waals surface area contributed by atoms with Crippen molar-refractivity contribution in [2.45, 2.75) is 6.42 Å². The van der Waals surface area contributed by atoms with Crippen LogP contribution in [0.25, 0.3) is 11.4 Å². The van der Waals surface area contributed by atoms with E-state index in [-0.39, 0.29) is 18.2 Å². The summed E-state index contributed by atoms with van der Waals surface area (Å²) in [6.07, 6.45) is -0.0308. The molecule has 1 amide bonds. The number of rotatable bonds is 5. The smallest absolute Gasteiger partial charge is 0.252 e. The number of carbonyl (C=O) groups excluding carboxylic acids is 1. The fraction of sp³-hybridized carbons (Fsp3) is 0.250. The molecule has 0 aliphatic heterocycles. The molecule has 0 bridgehead atoms. The van der Waals surface area contributed by atoms with Crippen LogP contribution in [0.2, 0.25) is 0 Å². The van der Waals surface area contributed by atoms with E-state index in [2.05, 4.69) is 20.5 Å². The molecule has 0 aliphatic carbocycles. The molecule has 7 nitrogen and oxygen atoms in total. The number of benzene rings is 1. The molecule has 2 aromatic rings. The van der Waals surface area contributed by atoms with Crippen molar-refractivity contribution in [2.24, 2.45) is 0 Å². The highest BCUT2D eigenvalue weighted by Crippen LogP contribution is 2.19. The molecule has 100 valence electrons. The molecule has 0 unspecified atom stereocenters. The average molecular weight is 263 g/mol. The van der Waals surface area contributed by atoms with Crippen molar-refractivity contribution >= 4 is 5.91 Å². The Morgan fingerprint density at radius 1 is 1.32 bits per heavy atom. The SMILES string of the molecule is CONC(=O)Cc1nc(-c2ccc(OC)cc2)no1. The minimum Gasteiger partial charge on any atom is -0.497 e. The van der Waals surface area contributed by atoms with Gasteiger partial charge in [-0.25, -0.2) is 5.48 Å². The Morgan fingerprint density at radius 3 is 2.68 bits per heavy atom. The van der Waals surface area contributed by atoms with Gasteiger partial charge in [-0.3, -0.25) is 9.63 Å². The van der Waals surface area contributed by atoms with Crippen molar-refractivity contribution in [3.8, 4) is 17.1 Å². The number of carbonyl (C=O) groups is 1. The van der Waals surface area contributed by atoms with Gasteiger partial charge in [0.1, 0.15) is 12.2 Å². The maximum absolute atomic E-state index is 11.3. The van der Waals surface area contributed by atoms with Crippen molar-refractivity contribution in [3.63, 3.8) is 0 Å². The number of hydrogen-bond donors (Lipinski definition) is 1. The van der Waals surface area contributed by atoms with Gasteiger partial charge in [0.25, 0.3) is 5.91 Å². The zero-order valence-corrected chi connectivity index (χ0v) is 10.5. The summed E-state index contributed by atoms with van der Waals surface area (Å²) in [5.41, 5.74) is 2.96. The highest BCUT2D eigenvalue weighted by Gasteiger charge is 2.12. The first-order valence-electron chi connectivity index (χ1n) is 5.51. The van der Waals surface area contributed by atoms with Gasteiger partial charge in [0.2, 0.25) is 11.7 Å². The monoisotopic (exact) mass is 263 g/mol. The molecular formula is C12H13N3O4. The Kier molecular flexibility index (Phi) is 4.09. The summed E-state index contributed by atoms with van der Waals surface area (Å²) in [7, 11) is 2.95. The van der Waals surface area contributed by atoms with E-state index in [1.165, 1.54) is 7.11 Å². The molecule has 19 heavy (non-hydrogen) atoms. The molecule has 1 aromatic carbocycles. The van der Waals surface area contributed by atoms with Crippen LogP contribution in [0, 0.1) is 0 Å². The molecule has 7 heteroatoms. The fourth-order valence-electron chi connectivity index (χ4n) is 1.47. The third-order valence-corrected chi connectivity index (χ3v) is 2.34. The number of methoxy groups -OCH3 is 1. The number of hydrogen-bond acceptors (Lipinski definition) is 6. The van der Waals surface area contributed by atoms with Gasteiger partial charge in [-0.1, -0.05) is 5.16 Å². The number of hydroxylamine groups is 1. The van der Waals surface area contributed by atoms with Crippen LogP contribution in [0.4, 0.5) is 0 Å².